The van der Waals surface area contributed by atoms with Crippen molar-refractivity contribution < 1.29 is 14.0 Å². The first kappa shape index (κ1) is 19.1. The molecule has 0 saturated carbocycles. The summed E-state index contributed by atoms with van der Waals surface area (Å²) in [4.78, 5) is 27.4. The zero-order chi connectivity index (χ0) is 20.2. The molecule has 3 aromatic rings. The number of nitrogens with zero attached hydrogens (tertiary/aromatic N) is 4. The van der Waals surface area contributed by atoms with Crippen LogP contribution in [0.2, 0.25) is 0 Å². The highest BCUT2D eigenvalue weighted by atomic mass is 32.2. The average molecular weight is 412 g/mol. The molecule has 3 amide bonds. The smallest absolute Gasteiger partial charge is 0.321 e. The summed E-state index contributed by atoms with van der Waals surface area (Å²) < 4.78 is 15.2. The Bertz CT molecular complexity index is 1010. The number of carbonyl (C=O) groups is 2. The maximum atomic E-state index is 13.4. The summed E-state index contributed by atoms with van der Waals surface area (Å²) >= 11 is 1.47. The van der Waals surface area contributed by atoms with E-state index < -0.39 is 12.1 Å². The van der Waals surface area contributed by atoms with Crippen molar-refractivity contribution in [2.75, 3.05) is 0 Å². The number of carbonyl (C=O) groups excluding carboxylic acids is 2. The largest absolute Gasteiger partial charge is 0.334 e. The van der Waals surface area contributed by atoms with Crippen molar-refractivity contribution in [2.45, 2.75) is 29.8 Å². The number of nitrogens with one attached hydrogen (secondary N) is 2. The number of thioether (sulfide) groups is 1. The van der Waals surface area contributed by atoms with Gasteiger partial charge in [0, 0.05) is 42.7 Å². The number of amides is 3. The molecule has 8 nitrogen and oxygen atoms in total. The van der Waals surface area contributed by atoms with Crippen LogP contribution in [0.1, 0.15) is 17.8 Å². The molecule has 1 saturated heterocycles. The molecule has 1 fully saturated rings. The lowest BCUT2D eigenvalue weighted by Crippen LogP contribution is -2.53. The van der Waals surface area contributed by atoms with Gasteiger partial charge in [0.2, 0.25) is 5.91 Å². The highest BCUT2D eigenvalue weighted by Gasteiger charge is 2.26. The third-order valence-electron chi connectivity index (χ3n) is 4.32. The van der Waals surface area contributed by atoms with Crippen molar-refractivity contribution in [3.05, 3.63) is 66.0 Å². The standard InChI is InChI=1S/C19H17FN6O2S/c20-13-3-5-15(6-4-13)26-16(8-14-9-17(27)23-18(28)22-14)24-25-19(26)29-11-12-2-1-7-21-10-12/h1-7,10,14H,8-9,11H2,(H2,22,23,27,28). The monoisotopic (exact) mass is 412 g/mol. The molecule has 0 spiro atoms. The Labute approximate surface area is 169 Å². The van der Waals surface area contributed by atoms with Crippen LogP contribution in [0.4, 0.5) is 9.18 Å². The van der Waals surface area contributed by atoms with E-state index in [1.807, 2.05) is 16.7 Å². The van der Waals surface area contributed by atoms with Gasteiger partial charge in [0.15, 0.2) is 5.16 Å². The minimum atomic E-state index is -0.523. The zero-order valence-electron chi connectivity index (χ0n) is 15.2. The average Bonchev–Trinajstić information content (AvgIpc) is 3.09. The Kier molecular flexibility index (Phi) is 5.52. The van der Waals surface area contributed by atoms with Gasteiger partial charge in [0.1, 0.15) is 11.6 Å². The molecule has 1 aliphatic rings. The molecule has 0 radical (unpaired) electrons. The Morgan fingerprint density at radius 1 is 1.17 bits per heavy atom. The second-order valence-electron chi connectivity index (χ2n) is 6.49. The molecule has 29 heavy (non-hydrogen) atoms. The van der Waals surface area contributed by atoms with Crippen LogP contribution < -0.4 is 10.6 Å². The van der Waals surface area contributed by atoms with Gasteiger partial charge in [0.25, 0.3) is 0 Å². The molecule has 1 atom stereocenters. The van der Waals surface area contributed by atoms with Crippen LogP contribution in [0.3, 0.4) is 0 Å². The van der Waals surface area contributed by atoms with Crippen molar-refractivity contribution in [1.29, 1.82) is 0 Å². The number of benzene rings is 1. The van der Waals surface area contributed by atoms with Gasteiger partial charge in [-0.3, -0.25) is 19.7 Å². The summed E-state index contributed by atoms with van der Waals surface area (Å²) in [5, 5.41) is 14.1. The third-order valence-corrected chi connectivity index (χ3v) is 5.32. The number of rotatable bonds is 6. The molecule has 148 valence electrons. The summed E-state index contributed by atoms with van der Waals surface area (Å²) in [5.41, 5.74) is 1.73. The number of urea groups is 1. The maximum absolute atomic E-state index is 13.4. The molecule has 2 aromatic heterocycles. The molecule has 1 aliphatic heterocycles. The molecule has 10 heteroatoms. The van der Waals surface area contributed by atoms with Crippen molar-refractivity contribution in [1.82, 2.24) is 30.4 Å². The van der Waals surface area contributed by atoms with Crippen LogP contribution >= 0.6 is 11.8 Å². The van der Waals surface area contributed by atoms with Crippen molar-refractivity contribution in [3.8, 4) is 5.69 Å². The Morgan fingerprint density at radius 2 is 2.00 bits per heavy atom. The summed E-state index contributed by atoms with van der Waals surface area (Å²) in [5.74, 6) is 0.530. The second kappa shape index (κ2) is 8.39. The number of pyridine rings is 1. The van der Waals surface area contributed by atoms with Gasteiger partial charge >= 0.3 is 6.03 Å². The first-order valence-corrected chi connectivity index (χ1v) is 9.89. The predicted molar refractivity (Wildman–Crippen MR) is 104 cm³/mol. The lowest BCUT2D eigenvalue weighted by Gasteiger charge is -2.23. The molecule has 2 N–H and O–H groups in total. The van der Waals surface area contributed by atoms with Crippen LogP contribution in [0.15, 0.2) is 53.9 Å². The fourth-order valence-electron chi connectivity index (χ4n) is 3.02. The van der Waals surface area contributed by atoms with E-state index in [1.165, 1.54) is 23.9 Å². The number of hydrogen-bond acceptors (Lipinski definition) is 6. The Hall–Kier alpha value is -3.27. The van der Waals surface area contributed by atoms with Gasteiger partial charge in [-0.2, -0.15) is 0 Å². The Balaban J connectivity index is 1.62. The highest BCUT2D eigenvalue weighted by molar-refractivity contribution is 7.98. The van der Waals surface area contributed by atoms with E-state index in [9.17, 15) is 14.0 Å². The fourth-order valence-corrected chi connectivity index (χ4v) is 3.93. The van der Waals surface area contributed by atoms with Gasteiger partial charge in [-0.15, -0.1) is 10.2 Å². The van der Waals surface area contributed by atoms with Crippen molar-refractivity contribution in [3.63, 3.8) is 0 Å². The molecular weight excluding hydrogens is 395 g/mol. The van der Waals surface area contributed by atoms with Crippen LogP contribution in [0.25, 0.3) is 5.69 Å². The van der Waals surface area contributed by atoms with Gasteiger partial charge < -0.3 is 5.32 Å². The fraction of sp³-hybridized carbons (Fsp3) is 0.211. The second-order valence-corrected chi connectivity index (χ2v) is 7.43. The van der Waals surface area contributed by atoms with E-state index in [0.717, 1.165) is 5.56 Å². The molecule has 0 bridgehead atoms. The van der Waals surface area contributed by atoms with E-state index >= 15 is 0 Å². The van der Waals surface area contributed by atoms with Crippen LogP contribution in [0, 0.1) is 5.82 Å². The topological polar surface area (TPSA) is 102 Å². The first-order chi connectivity index (χ1) is 14.1. The first-order valence-electron chi connectivity index (χ1n) is 8.91. The Morgan fingerprint density at radius 3 is 2.72 bits per heavy atom. The van der Waals surface area contributed by atoms with Crippen molar-refractivity contribution in [2.24, 2.45) is 0 Å². The number of halogens is 1. The third kappa shape index (κ3) is 4.60. The summed E-state index contributed by atoms with van der Waals surface area (Å²) in [6.07, 6.45) is 3.96. The van der Waals surface area contributed by atoms with Gasteiger partial charge in [-0.05, 0) is 35.9 Å². The summed E-state index contributed by atoms with van der Waals surface area (Å²) in [6.45, 7) is 0. The maximum Gasteiger partial charge on any atom is 0.321 e. The van der Waals surface area contributed by atoms with Crippen LogP contribution in [-0.2, 0) is 17.0 Å². The highest BCUT2D eigenvalue weighted by Crippen LogP contribution is 2.26. The van der Waals surface area contributed by atoms with E-state index in [0.29, 0.717) is 28.8 Å². The van der Waals surface area contributed by atoms with E-state index in [1.54, 1.807) is 24.5 Å². The van der Waals surface area contributed by atoms with Crippen molar-refractivity contribution >= 4 is 23.7 Å². The lowest BCUT2D eigenvalue weighted by molar-refractivity contribution is -0.121. The number of aromatic nitrogens is 4. The van der Waals surface area contributed by atoms with Gasteiger partial charge in [-0.1, -0.05) is 17.8 Å². The molecule has 0 aliphatic carbocycles. The summed E-state index contributed by atoms with van der Waals surface area (Å²) in [7, 11) is 0. The summed E-state index contributed by atoms with van der Waals surface area (Å²) in [6, 6.07) is 8.93. The van der Waals surface area contributed by atoms with Crippen LogP contribution in [0.5, 0.6) is 0 Å². The van der Waals surface area contributed by atoms with E-state index in [-0.39, 0.29) is 18.1 Å². The van der Waals surface area contributed by atoms with Crippen LogP contribution in [-0.4, -0.2) is 37.7 Å². The SMILES string of the molecule is O=C1CC(Cc2nnc(SCc3cccnc3)n2-c2ccc(F)cc2)NC(=O)N1. The molecule has 1 aromatic carbocycles. The normalized spacial score (nSPS) is 16.4. The lowest BCUT2D eigenvalue weighted by atomic mass is 10.1. The molecular formula is C19H17FN6O2S. The van der Waals surface area contributed by atoms with Gasteiger partial charge in [0.05, 0.1) is 0 Å². The molecule has 3 heterocycles. The minimum absolute atomic E-state index is 0.153. The van der Waals surface area contributed by atoms with E-state index in [2.05, 4.69) is 25.8 Å². The molecule has 4 rings (SSSR count). The molecule has 1 unspecified atom stereocenters. The quantitative estimate of drug-likeness (QED) is 0.602. The van der Waals surface area contributed by atoms with E-state index in [4.69, 9.17) is 0 Å². The number of hydrogen-bond donors (Lipinski definition) is 2. The predicted octanol–water partition coefficient (Wildman–Crippen LogP) is 2.23. The zero-order valence-corrected chi connectivity index (χ0v) is 16.0. The van der Waals surface area contributed by atoms with Gasteiger partial charge in [-0.25, -0.2) is 9.18 Å². The number of imide groups is 1. The minimum Gasteiger partial charge on any atom is -0.334 e.